The smallest absolute Gasteiger partial charge is 0.219 e. The summed E-state index contributed by atoms with van der Waals surface area (Å²) in [4.78, 5) is 26.9. The molecule has 6 heteroatoms. The first-order valence-corrected chi connectivity index (χ1v) is 7.90. The van der Waals surface area contributed by atoms with Gasteiger partial charge in [-0.1, -0.05) is 6.07 Å². The molecular formula is C17H21N5O. The summed E-state index contributed by atoms with van der Waals surface area (Å²) in [5.74, 6) is 1.83. The Morgan fingerprint density at radius 3 is 2.78 bits per heavy atom. The van der Waals surface area contributed by atoms with Crippen molar-refractivity contribution in [1.82, 2.24) is 19.9 Å². The first kappa shape index (κ1) is 15.4. The summed E-state index contributed by atoms with van der Waals surface area (Å²) in [6.07, 6.45) is 7.14. The van der Waals surface area contributed by atoms with E-state index in [4.69, 9.17) is 0 Å². The van der Waals surface area contributed by atoms with E-state index in [1.807, 2.05) is 24.0 Å². The number of piperidine rings is 1. The van der Waals surface area contributed by atoms with Gasteiger partial charge in [0.25, 0.3) is 0 Å². The minimum Gasteiger partial charge on any atom is -0.342 e. The zero-order chi connectivity index (χ0) is 16.2. The number of aryl methyl sites for hydroxylation is 1. The largest absolute Gasteiger partial charge is 0.342 e. The van der Waals surface area contributed by atoms with Gasteiger partial charge in [-0.05, 0) is 31.4 Å². The molecule has 1 aliphatic rings. The monoisotopic (exact) mass is 311 g/mol. The maximum absolute atomic E-state index is 11.7. The summed E-state index contributed by atoms with van der Waals surface area (Å²) in [7, 11) is 0. The van der Waals surface area contributed by atoms with Crippen molar-refractivity contribution in [2.45, 2.75) is 32.6 Å². The summed E-state index contributed by atoms with van der Waals surface area (Å²) < 4.78 is 0. The molecule has 0 spiro atoms. The van der Waals surface area contributed by atoms with Crippen molar-refractivity contribution in [3.63, 3.8) is 0 Å². The number of likely N-dealkylation sites (tertiary alicyclic amines) is 1. The van der Waals surface area contributed by atoms with Gasteiger partial charge in [-0.2, -0.15) is 0 Å². The number of amides is 1. The molecule has 0 aromatic carbocycles. The molecule has 0 radical (unpaired) electrons. The Balaban J connectivity index is 1.86. The standard InChI is InChI=1S/C17H21N5O/c1-12-5-3-7-19-16(12)21-17-15(18-8-9-20-17)14-6-4-10-22(11-14)13(2)23/h3,5,7-9,14H,4,6,10-11H2,1-2H3,(H,19,20,21)/t14-/m0/s1. The molecule has 23 heavy (non-hydrogen) atoms. The lowest BCUT2D eigenvalue weighted by Crippen LogP contribution is -2.38. The highest BCUT2D eigenvalue weighted by atomic mass is 16.2. The zero-order valence-corrected chi connectivity index (χ0v) is 13.5. The van der Waals surface area contributed by atoms with Gasteiger partial charge < -0.3 is 10.2 Å². The van der Waals surface area contributed by atoms with Crippen LogP contribution < -0.4 is 5.32 Å². The van der Waals surface area contributed by atoms with E-state index in [2.05, 4.69) is 20.3 Å². The van der Waals surface area contributed by atoms with Crippen molar-refractivity contribution in [2.75, 3.05) is 18.4 Å². The average molecular weight is 311 g/mol. The van der Waals surface area contributed by atoms with Crippen LogP contribution in [0.3, 0.4) is 0 Å². The van der Waals surface area contributed by atoms with Crippen LogP contribution in [0, 0.1) is 6.92 Å². The number of aromatic nitrogens is 3. The van der Waals surface area contributed by atoms with Gasteiger partial charge in [0.2, 0.25) is 5.91 Å². The van der Waals surface area contributed by atoms with Crippen molar-refractivity contribution in [1.29, 1.82) is 0 Å². The summed E-state index contributed by atoms with van der Waals surface area (Å²) in [5, 5.41) is 3.29. The first-order valence-electron chi connectivity index (χ1n) is 7.90. The van der Waals surface area contributed by atoms with Crippen molar-refractivity contribution in [2.24, 2.45) is 0 Å². The third kappa shape index (κ3) is 3.47. The van der Waals surface area contributed by atoms with E-state index in [0.29, 0.717) is 6.54 Å². The van der Waals surface area contributed by atoms with Crippen LogP contribution in [-0.4, -0.2) is 38.8 Å². The topological polar surface area (TPSA) is 71.0 Å². The normalized spacial score (nSPS) is 17.8. The van der Waals surface area contributed by atoms with E-state index in [1.165, 1.54) is 0 Å². The minimum absolute atomic E-state index is 0.119. The number of rotatable bonds is 3. The number of nitrogens with zero attached hydrogens (tertiary/aromatic N) is 4. The third-order valence-corrected chi connectivity index (χ3v) is 4.23. The molecule has 3 rings (SSSR count). The molecule has 0 bridgehead atoms. The fourth-order valence-electron chi connectivity index (χ4n) is 2.96. The Kier molecular flexibility index (Phi) is 4.50. The molecule has 1 atom stereocenters. The van der Waals surface area contributed by atoms with Crippen LogP contribution in [0.2, 0.25) is 0 Å². The molecule has 0 saturated carbocycles. The van der Waals surface area contributed by atoms with Gasteiger partial charge in [0.15, 0.2) is 5.82 Å². The Morgan fingerprint density at radius 1 is 1.22 bits per heavy atom. The van der Waals surface area contributed by atoms with Gasteiger partial charge in [0.05, 0.1) is 5.69 Å². The number of carbonyl (C=O) groups is 1. The molecule has 3 heterocycles. The molecule has 2 aromatic heterocycles. The van der Waals surface area contributed by atoms with Crippen LogP contribution >= 0.6 is 0 Å². The van der Waals surface area contributed by atoms with Gasteiger partial charge in [0.1, 0.15) is 5.82 Å². The second kappa shape index (κ2) is 6.73. The summed E-state index contributed by atoms with van der Waals surface area (Å²) >= 11 is 0. The molecule has 1 aliphatic heterocycles. The van der Waals surface area contributed by atoms with E-state index < -0.39 is 0 Å². The fraction of sp³-hybridized carbons (Fsp3) is 0.412. The number of nitrogens with one attached hydrogen (secondary N) is 1. The second-order valence-electron chi connectivity index (χ2n) is 5.89. The predicted molar refractivity (Wildman–Crippen MR) is 88.5 cm³/mol. The van der Waals surface area contributed by atoms with Gasteiger partial charge in [0, 0.05) is 44.5 Å². The van der Waals surface area contributed by atoms with Crippen LogP contribution in [0.25, 0.3) is 0 Å². The quantitative estimate of drug-likeness (QED) is 0.943. The summed E-state index contributed by atoms with van der Waals surface area (Å²) in [6.45, 7) is 5.15. The zero-order valence-electron chi connectivity index (χ0n) is 13.5. The molecule has 2 aromatic rings. The van der Waals surface area contributed by atoms with Gasteiger partial charge >= 0.3 is 0 Å². The van der Waals surface area contributed by atoms with Crippen molar-refractivity contribution < 1.29 is 4.79 Å². The number of carbonyl (C=O) groups excluding carboxylic acids is 1. The van der Waals surface area contributed by atoms with Crippen LogP contribution in [0.1, 0.15) is 36.9 Å². The average Bonchev–Trinajstić information content (AvgIpc) is 2.57. The highest BCUT2D eigenvalue weighted by Crippen LogP contribution is 2.30. The van der Waals surface area contributed by atoms with E-state index in [9.17, 15) is 4.79 Å². The van der Waals surface area contributed by atoms with Crippen molar-refractivity contribution in [3.05, 3.63) is 42.0 Å². The van der Waals surface area contributed by atoms with Gasteiger partial charge in [-0.25, -0.2) is 9.97 Å². The Labute approximate surface area is 136 Å². The van der Waals surface area contributed by atoms with E-state index in [1.54, 1.807) is 25.5 Å². The van der Waals surface area contributed by atoms with Crippen LogP contribution in [0.15, 0.2) is 30.7 Å². The number of pyridine rings is 1. The highest BCUT2D eigenvalue weighted by molar-refractivity contribution is 5.73. The molecular weight excluding hydrogens is 290 g/mol. The third-order valence-electron chi connectivity index (χ3n) is 4.23. The molecule has 1 amide bonds. The molecule has 1 N–H and O–H groups in total. The van der Waals surface area contributed by atoms with Crippen molar-refractivity contribution in [3.8, 4) is 0 Å². The Hall–Kier alpha value is -2.50. The number of hydrogen-bond acceptors (Lipinski definition) is 5. The van der Waals surface area contributed by atoms with E-state index in [0.717, 1.165) is 42.3 Å². The van der Waals surface area contributed by atoms with Crippen LogP contribution in [0.5, 0.6) is 0 Å². The number of anilines is 2. The van der Waals surface area contributed by atoms with Crippen molar-refractivity contribution >= 4 is 17.5 Å². The number of hydrogen-bond donors (Lipinski definition) is 1. The Bertz CT molecular complexity index is 703. The molecule has 1 saturated heterocycles. The lowest BCUT2D eigenvalue weighted by Gasteiger charge is -2.32. The maximum atomic E-state index is 11.7. The summed E-state index contributed by atoms with van der Waals surface area (Å²) in [6, 6.07) is 3.91. The van der Waals surface area contributed by atoms with E-state index >= 15 is 0 Å². The molecule has 0 aliphatic carbocycles. The lowest BCUT2D eigenvalue weighted by molar-refractivity contribution is -0.130. The minimum atomic E-state index is 0.119. The molecule has 6 nitrogen and oxygen atoms in total. The van der Waals surface area contributed by atoms with Gasteiger partial charge in [-0.15, -0.1) is 0 Å². The molecule has 120 valence electrons. The van der Waals surface area contributed by atoms with Gasteiger partial charge in [-0.3, -0.25) is 9.78 Å². The lowest BCUT2D eigenvalue weighted by atomic mass is 9.94. The predicted octanol–water partition coefficient (Wildman–Crippen LogP) is 2.65. The Morgan fingerprint density at radius 2 is 2.00 bits per heavy atom. The fourth-order valence-corrected chi connectivity index (χ4v) is 2.96. The van der Waals surface area contributed by atoms with E-state index in [-0.39, 0.29) is 11.8 Å². The second-order valence-corrected chi connectivity index (χ2v) is 5.89. The SMILES string of the molecule is CC(=O)N1CCC[C@H](c2nccnc2Nc2ncccc2C)C1. The molecule has 1 fully saturated rings. The maximum Gasteiger partial charge on any atom is 0.219 e. The summed E-state index contributed by atoms with van der Waals surface area (Å²) in [5.41, 5.74) is 1.96. The highest BCUT2D eigenvalue weighted by Gasteiger charge is 2.26. The first-order chi connectivity index (χ1) is 11.1. The molecule has 0 unspecified atom stereocenters. The van der Waals surface area contributed by atoms with Crippen LogP contribution in [-0.2, 0) is 4.79 Å². The van der Waals surface area contributed by atoms with Crippen LogP contribution in [0.4, 0.5) is 11.6 Å².